The predicted molar refractivity (Wildman–Crippen MR) is 86.9 cm³/mol. The highest BCUT2D eigenvalue weighted by molar-refractivity contribution is 6.31. The Balaban J connectivity index is 2.20. The van der Waals surface area contributed by atoms with Crippen molar-refractivity contribution in [1.29, 1.82) is 0 Å². The van der Waals surface area contributed by atoms with Gasteiger partial charge in [-0.1, -0.05) is 32.4 Å². The Morgan fingerprint density at radius 2 is 2.05 bits per heavy atom. The summed E-state index contributed by atoms with van der Waals surface area (Å²) >= 11 is 6.54. The molecule has 0 radical (unpaired) electrons. The topological polar surface area (TPSA) is 39.1 Å². The molecule has 0 aromatic carbocycles. The average Bonchev–Trinajstić information content (AvgIpc) is 2.74. The average molecular weight is 314 g/mol. The van der Waals surface area contributed by atoms with Crippen LogP contribution in [0.3, 0.4) is 0 Å². The smallest absolute Gasteiger partial charge is 0.0849 e. The van der Waals surface area contributed by atoms with Crippen LogP contribution in [0.1, 0.15) is 45.0 Å². The lowest BCUT2D eigenvalue weighted by Crippen LogP contribution is -2.43. The van der Waals surface area contributed by atoms with Gasteiger partial charge in [0, 0.05) is 32.8 Å². The number of rotatable bonds is 6. The molecule has 0 unspecified atom stereocenters. The SMILES string of the molecule is CCc1nn(C)c(CC2(CNC(C)C)CCOCC2)c1Cl. The summed E-state index contributed by atoms with van der Waals surface area (Å²) in [5, 5.41) is 9.02. The fourth-order valence-electron chi connectivity index (χ4n) is 3.01. The quantitative estimate of drug-likeness (QED) is 0.877. The zero-order valence-electron chi connectivity index (χ0n) is 13.7. The van der Waals surface area contributed by atoms with Crippen LogP contribution in [0.2, 0.25) is 5.02 Å². The highest BCUT2D eigenvalue weighted by Crippen LogP contribution is 2.36. The summed E-state index contributed by atoms with van der Waals surface area (Å²) in [6.07, 6.45) is 4.01. The summed E-state index contributed by atoms with van der Waals surface area (Å²) in [6, 6.07) is 0.498. The molecule has 1 aliphatic rings. The highest BCUT2D eigenvalue weighted by atomic mass is 35.5. The Labute approximate surface area is 133 Å². The maximum Gasteiger partial charge on any atom is 0.0849 e. The van der Waals surface area contributed by atoms with E-state index in [0.29, 0.717) is 6.04 Å². The normalized spacial score (nSPS) is 18.4. The van der Waals surface area contributed by atoms with Crippen LogP contribution in [0.25, 0.3) is 0 Å². The second-order valence-electron chi connectivity index (χ2n) is 6.51. The first-order valence-corrected chi connectivity index (χ1v) is 8.36. The van der Waals surface area contributed by atoms with E-state index in [1.807, 2.05) is 11.7 Å². The van der Waals surface area contributed by atoms with Crippen LogP contribution in [-0.2, 0) is 24.6 Å². The number of aromatic nitrogens is 2. The molecule has 2 heterocycles. The van der Waals surface area contributed by atoms with Gasteiger partial charge in [-0.15, -0.1) is 0 Å². The van der Waals surface area contributed by atoms with Crippen LogP contribution >= 0.6 is 11.6 Å². The van der Waals surface area contributed by atoms with Gasteiger partial charge in [0.25, 0.3) is 0 Å². The lowest BCUT2D eigenvalue weighted by Gasteiger charge is -2.38. The van der Waals surface area contributed by atoms with E-state index in [4.69, 9.17) is 16.3 Å². The molecular weight excluding hydrogens is 286 g/mol. The molecule has 0 spiro atoms. The van der Waals surface area contributed by atoms with Crippen LogP contribution in [-0.4, -0.2) is 35.6 Å². The third kappa shape index (κ3) is 3.99. The molecule has 4 nitrogen and oxygen atoms in total. The van der Waals surface area contributed by atoms with Crippen molar-refractivity contribution in [2.45, 2.75) is 52.5 Å². The van der Waals surface area contributed by atoms with Crippen molar-refractivity contribution < 1.29 is 4.74 Å². The van der Waals surface area contributed by atoms with Crippen LogP contribution in [0.4, 0.5) is 0 Å². The van der Waals surface area contributed by atoms with E-state index in [1.54, 1.807) is 0 Å². The van der Waals surface area contributed by atoms with E-state index < -0.39 is 0 Å². The van der Waals surface area contributed by atoms with Gasteiger partial charge in [-0.05, 0) is 31.1 Å². The Kier molecular flexibility index (Phi) is 5.69. The maximum atomic E-state index is 6.54. The predicted octanol–water partition coefficient (Wildman–Crippen LogP) is 2.97. The monoisotopic (exact) mass is 313 g/mol. The minimum atomic E-state index is 0.227. The van der Waals surface area contributed by atoms with Crippen molar-refractivity contribution in [2.75, 3.05) is 19.8 Å². The first kappa shape index (κ1) is 16.8. The van der Waals surface area contributed by atoms with Crippen LogP contribution in [0, 0.1) is 5.41 Å². The second-order valence-corrected chi connectivity index (χ2v) is 6.89. The minimum Gasteiger partial charge on any atom is -0.381 e. The summed E-state index contributed by atoms with van der Waals surface area (Å²) in [5.74, 6) is 0. The molecule has 1 aliphatic heterocycles. The van der Waals surface area contributed by atoms with Gasteiger partial charge >= 0.3 is 0 Å². The Hall–Kier alpha value is -0.580. The molecule has 5 heteroatoms. The second kappa shape index (κ2) is 7.12. The van der Waals surface area contributed by atoms with Crippen molar-refractivity contribution in [3.05, 3.63) is 16.4 Å². The molecule has 0 aliphatic carbocycles. The summed E-state index contributed by atoms with van der Waals surface area (Å²) < 4.78 is 7.54. The van der Waals surface area contributed by atoms with Crippen LogP contribution < -0.4 is 5.32 Å². The number of hydrogen-bond acceptors (Lipinski definition) is 3. The standard InChI is InChI=1S/C16H28ClN3O/c1-5-13-15(17)14(20(4)19-13)10-16(11-18-12(2)3)6-8-21-9-7-16/h12,18H,5-11H2,1-4H3. The molecule has 1 aromatic rings. The first-order valence-electron chi connectivity index (χ1n) is 7.99. The lowest BCUT2D eigenvalue weighted by molar-refractivity contribution is 0.0132. The molecule has 1 aromatic heterocycles. The summed E-state index contributed by atoms with van der Waals surface area (Å²) in [4.78, 5) is 0. The highest BCUT2D eigenvalue weighted by Gasteiger charge is 2.34. The van der Waals surface area contributed by atoms with Gasteiger partial charge in [0.15, 0.2) is 0 Å². The fraction of sp³-hybridized carbons (Fsp3) is 0.812. The van der Waals surface area contributed by atoms with Crippen LogP contribution in [0.5, 0.6) is 0 Å². The molecule has 0 bridgehead atoms. The molecule has 2 rings (SSSR count). The van der Waals surface area contributed by atoms with Crippen molar-refractivity contribution >= 4 is 11.6 Å². The molecule has 0 saturated carbocycles. The van der Waals surface area contributed by atoms with Crippen LogP contribution in [0.15, 0.2) is 0 Å². The first-order chi connectivity index (χ1) is 9.97. The van der Waals surface area contributed by atoms with E-state index in [0.717, 1.165) is 56.2 Å². The van der Waals surface area contributed by atoms with Gasteiger partial charge in [0.05, 0.1) is 16.4 Å². The van der Waals surface area contributed by atoms with Crippen molar-refractivity contribution in [3.8, 4) is 0 Å². The third-order valence-electron chi connectivity index (χ3n) is 4.48. The molecule has 120 valence electrons. The zero-order chi connectivity index (χ0) is 15.5. The van der Waals surface area contributed by atoms with Gasteiger partial charge in [0.2, 0.25) is 0 Å². The fourth-order valence-corrected chi connectivity index (χ4v) is 3.37. The Bertz CT molecular complexity index is 464. The molecular formula is C16H28ClN3O. The van der Waals surface area contributed by atoms with E-state index in [9.17, 15) is 0 Å². The van der Waals surface area contributed by atoms with Gasteiger partial charge in [0.1, 0.15) is 0 Å². The number of halogens is 1. The third-order valence-corrected chi connectivity index (χ3v) is 4.92. The van der Waals surface area contributed by atoms with Crippen molar-refractivity contribution in [2.24, 2.45) is 12.5 Å². The molecule has 21 heavy (non-hydrogen) atoms. The maximum absolute atomic E-state index is 6.54. The molecule has 1 saturated heterocycles. The summed E-state index contributed by atoms with van der Waals surface area (Å²) in [5.41, 5.74) is 2.40. The van der Waals surface area contributed by atoms with Gasteiger partial charge in [-0.2, -0.15) is 5.10 Å². The van der Waals surface area contributed by atoms with Crippen molar-refractivity contribution in [1.82, 2.24) is 15.1 Å². The van der Waals surface area contributed by atoms with E-state index in [-0.39, 0.29) is 5.41 Å². The van der Waals surface area contributed by atoms with E-state index in [1.165, 1.54) is 5.69 Å². The zero-order valence-corrected chi connectivity index (χ0v) is 14.5. The van der Waals surface area contributed by atoms with E-state index in [2.05, 4.69) is 31.2 Å². The van der Waals surface area contributed by atoms with E-state index >= 15 is 0 Å². The molecule has 1 N–H and O–H groups in total. The summed E-state index contributed by atoms with van der Waals surface area (Å²) in [7, 11) is 2.00. The Morgan fingerprint density at radius 1 is 1.38 bits per heavy atom. The number of ether oxygens (including phenoxy) is 1. The number of aryl methyl sites for hydroxylation is 2. The lowest BCUT2D eigenvalue weighted by atomic mass is 9.76. The Morgan fingerprint density at radius 3 is 2.57 bits per heavy atom. The molecule has 0 amide bonds. The summed E-state index contributed by atoms with van der Waals surface area (Å²) in [6.45, 7) is 9.18. The van der Waals surface area contributed by atoms with Crippen molar-refractivity contribution in [3.63, 3.8) is 0 Å². The number of hydrogen-bond donors (Lipinski definition) is 1. The molecule has 0 atom stereocenters. The van der Waals surface area contributed by atoms with Gasteiger partial charge < -0.3 is 10.1 Å². The van der Waals surface area contributed by atoms with Gasteiger partial charge in [-0.25, -0.2) is 0 Å². The number of nitrogens with one attached hydrogen (secondary N) is 1. The largest absolute Gasteiger partial charge is 0.381 e. The van der Waals surface area contributed by atoms with Gasteiger partial charge in [-0.3, -0.25) is 4.68 Å². The number of nitrogens with zero attached hydrogens (tertiary/aromatic N) is 2. The molecule has 1 fully saturated rings. The minimum absolute atomic E-state index is 0.227.